The van der Waals surface area contributed by atoms with E-state index >= 15 is 0 Å². The van der Waals surface area contributed by atoms with Gasteiger partial charge in [-0.25, -0.2) is 0 Å². The third kappa shape index (κ3) is 2.76. The molecule has 0 unspecified atom stereocenters. The number of nitrogens with one attached hydrogen (secondary N) is 1. The molecule has 88 valence electrons. The first-order valence-electron chi connectivity index (χ1n) is 5.85. The molecule has 1 heterocycles. The Kier molecular flexibility index (Phi) is 3.85. The summed E-state index contributed by atoms with van der Waals surface area (Å²) in [7, 11) is 0. The van der Waals surface area contributed by atoms with E-state index in [-0.39, 0.29) is 0 Å². The highest BCUT2D eigenvalue weighted by Crippen LogP contribution is 2.22. The second-order valence-corrected chi connectivity index (χ2v) is 4.96. The van der Waals surface area contributed by atoms with Gasteiger partial charge in [-0.2, -0.15) is 0 Å². The minimum atomic E-state index is 0.904. The van der Waals surface area contributed by atoms with Crippen LogP contribution >= 0.6 is 11.6 Å². The Labute approximate surface area is 103 Å². The lowest BCUT2D eigenvalue weighted by molar-refractivity contribution is 0.233. The molecule has 2 nitrogen and oxygen atoms in total. The van der Waals surface area contributed by atoms with Crippen molar-refractivity contribution in [2.45, 2.75) is 20.4 Å². The first-order chi connectivity index (χ1) is 7.66. The first kappa shape index (κ1) is 11.9. The van der Waals surface area contributed by atoms with Crippen molar-refractivity contribution in [1.29, 1.82) is 0 Å². The van der Waals surface area contributed by atoms with Crippen molar-refractivity contribution >= 4 is 11.6 Å². The highest BCUT2D eigenvalue weighted by Gasteiger charge is 2.12. The second-order valence-electron chi connectivity index (χ2n) is 4.55. The van der Waals surface area contributed by atoms with Gasteiger partial charge in [0.05, 0.1) is 0 Å². The fourth-order valence-corrected chi connectivity index (χ4v) is 2.35. The first-order valence-corrected chi connectivity index (χ1v) is 6.23. The van der Waals surface area contributed by atoms with Crippen LogP contribution in [0.4, 0.5) is 0 Å². The molecule has 1 fully saturated rings. The average Bonchev–Trinajstić information content (AvgIpc) is 2.27. The number of hydrogen-bond acceptors (Lipinski definition) is 2. The normalized spacial score (nSPS) is 17.7. The molecular formula is C13H19ClN2. The van der Waals surface area contributed by atoms with Gasteiger partial charge in [-0.05, 0) is 36.6 Å². The van der Waals surface area contributed by atoms with Crippen LogP contribution in [0.15, 0.2) is 12.1 Å². The SMILES string of the molecule is Cc1cc(Cl)c(CN2CCNCC2)cc1C. The molecular weight excluding hydrogens is 220 g/mol. The van der Waals surface area contributed by atoms with Crippen molar-refractivity contribution in [3.8, 4) is 0 Å². The van der Waals surface area contributed by atoms with Gasteiger partial charge in [0.2, 0.25) is 0 Å². The van der Waals surface area contributed by atoms with Gasteiger partial charge in [-0.1, -0.05) is 17.7 Å². The third-order valence-corrected chi connectivity index (χ3v) is 3.62. The Balaban J connectivity index is 2.11. The molecule has 0 radical (unpaired) electrons. The van der Waals surface area contributed by atoms with E-state index in [4.69, 9.17) is 11.6 Å². The lowest BCUT2D eigenvalue weighted by Gasteiger charge is -2.27. The molecule has 0 bridgehead atoms. The molecule has 0 aromatic heterocycles. The standard InChI is InChI=1S/C13H19ClN2/c1-10-7-12(13(14)8-11(10)2)9-16-5-3-15-4-6-16/h7-8,15H,3-6,9H2,1-2H3. The average molecular weight is 239 g/mol. The molecule has 0 saturated carbocycles. The van der Waals surface area contributed by atoms with Gasteiger partial charge in [0.15, 0.2) is 0 Å². The van der Waals surface area contributed by atoms with Crippen LogP contribution in [0, 0.1) is 13.8 Å². The molecule has 2 rings (SSSR count). The number of piperazine rings is 1. The zero-order valence-corrected chi connectivity index (χ0v) is 10.8. The summed E-state index contributed by atoms with van der Waals surface area (Å²) in [4.78, 5) is 2.45. The number of aryl methyl sites for hydroxylation is 2. The van der Waals surface area contributed by atoms with Crippen molar-refractivity contribution < 1.29 is 0 Å². The Hall–Kier alpha value is -0.570. The quantitative estimate of drug-likeness (QED) is 0.851. The summed E-state index contributed by atoms with van der Waals surface area (Å²) < 4.78 is 0. The van der Waals surface area contributed by atoms with Gasteiger partial charge in [0.1, 0.15) is 0 Å². The van der Waals surface area contributed by atoms with Crippen LogP contribution in [0.1, 0.15) is 16.7 Å². The maximum absolute atomic E-state index is 6.28. The molecule has 1 aromatic carbocycles. The Morgan fingerprint density at radius 3 is 2.50 bits per heavy atom. The number of benzene rings is 1. The number of hydrogen-bond donors (Lipinski definition) is 1. The van der Waals surface area contributed by atoms with Gasteiger partial charge in [0, 0.05) is 37.7 Å². The minimum absolute atomic E-state index is 0.904. The van der Waals surface area contributed by atoms with Crippen molar-refractivity contribution in [3.05, 3.63) is 33.8 Å². The molecule has 1 aliphatic rings. The summed E-state index contributed by atoms with van der Waals surface area (Å²) >= 11 is 6.28. The minimum Gasteiger partial charge on any atom is -0.314 e. The molecule has 1 aromatic rings. The summed E-state index contributed by atoms with van der Waals surface area (Å²) in [6.07, 6.45) is 0. The van der Waals surface area contributed by atoms with Crippen LogP contribution < -0.4 is 5.32 Å². The van der Waals surface area contributed by atoms with Crippen LogP contribution in [-0.4, -0.2) is 31.1 Å². The lowest BCUT2D eigenvalue weighted by atomic mass is 10.1. The predicted molar refractivity (Wildman–Crippen MR) is 69.1 cm³/mol. The molecule has 1 saturated heterocycles. The Morgan fingerprint density at radius 2 is 1.81 bits per heavy atom. The number of rotatable bonds is 2. The van der Waals surface area contributed by atoms with E-state index in [0.29, 0.717) is 0 Å². The monoisotopic (exact) mass is 238 g/mol. The third-order valence-electron chi connectivity index (χ3n) is 3.27. The van der Waals surface area contributed by atoms with Crippen LogP contribution in [0.25, 0.3) is 0 Å². The Morgan fingerprint density at radius 1 is 1.19 bits per heavy atom. The van der Waals surface area contributed by atoms with Gasteiger partial charge < -0.3 is 5.32 Å². The molecule has 0 amide bonds. The van der Waals surface area contributed by atoms with Crippen LogP contribution in [-0.2, 0) is 6.54 Å². The summed E-state index contributed by atoms with van der Waals surface area (Å²) in [5.74, 6) is 0. The van der Waals surface area contributed by atoms with Crippen LogP contribution in [0.3, 0.4) is 0 Å². The molecule has 0 aliphatic carbocycles. The zero-order chi connectivity index (χ0) is 11.5. The fraction of sp³-hybridized carbons (Fsp3) is 0.538. The maximum atomic E-state index is 6.28. The second kappa shape index (κ2) is 5.17. The molecule has 1 N–H and O–H groups in total. The van der Waals surface area contributed by atoms with E-state index in [1.807, 2.05) is 0 Å². The van der Waals surface area contributed by atoms with E-state index < -0.39 is 0 Å². The van der Waals surface area contributed by atoms with Crippen molar-refractivity contribution in [2.24, 2.45) is 0 Å². The van der Waals surface area contributed by atoms with Crippen molar-refractivity contribution in [1.82, 2.24) is 10.2 Å². The lowest BCUT2D eigenvalue weighted by Crippen LogP contribution is -2.42. The predicted octanol–water partition coefficient (Wildman–Crippen LogP) is 2.36. The van der Waals surface area contributed by atoms with Crippen LogP contribution in [0.5, 0.6) is 0 Å². The van der Waals surface area contributed by atoms with Gasteiger partial charge in [-0.15, -0.1) is 0 Å². The summed E-state index contributed by atoms with van der Waals surface area (Å²) in [6, 6.07) is 4.30. The smallest absolute Gasteiger partial charge is 0.0453 e. The Bertz CT molecular complexity index is 370. The van der Waals surface area contributed by atoms with Crippen LogP contribution in [0.2, 0.25) is 5.02 Å². The van der Waals surface area contributed by atoms with E-state index in [1.165, 1.54) is 16.7 Å². The van der Waals surface area contributed by atoms with E-state index in [0.717, 1.165) is 37.7 Å². The number of halogens is 1. The molecule has 0 atom stereocenters. The maximum Gasteiger partial charge on any atom is 0.0453 e. The highest BCUT2D eigenvalue weighted by molar-refractivity contribution is 6.31. The van der Waals surface area contributed by atoms with Crippen molar-refractivity contribution in [2.75, 3.05) is 26.2 Å². The van der Waals surface area contributed by atoms with E-state index in [1.54, 1.807) is 0 Å². The molecule has 3 heteroatoms. The summed E-state index contributed by atoms with van der Waals surface area (Å²) in [5.41, 5.74) is 3.86. The zero-order valence-electron chi connectivity index (χ0n) is 10.0. The van der Waals surface area contributed by atoms with E-state index in [9.17, 15) is 0 Å². The van der Waals surface area contributed by atoms with Gasteiger partial charge in [-0.3, -0.25) is 4.90 Å². The highest BCUT2D eigenvalue weighted by atomic mass is 35.5. The van der Waals surface area contributed by atoms with Gasteiger partial charge >= 0.3 is 0 Å². The van der Waals surface area contributed by atoms with E-state index in [2.05, 4.69) is 36.2 Å². The summed E-state index contributed by atoms with van der Waals surface area (Å²) in [6.45, 7) is 9.63. The molecule has 1 aliphatic heterocycles. The number of nitrogens with zero attached hydrogens (tertiary/aromatic N) is 1. The van der Waals surface area contributed by atoms with Crippen molar-refractivity contribution in [3.63, 3.8) is 0 Å². The summed E-state index contributed by atoms with van der Waals surface area (Å²) in [5, 5.41) is 4.27. The van der Waals surface area contributed by atoms with Gasteiger partial charge in [0.25, 0.3) is 0 Å². The largest absolute Gasteiger partial charge is 0.314 e. The molecule has 0 spiro atoms. The topological polar surface area (TPSA) is 15.3 Å². The molecule has 16 heavy (non-hydrogen) atoms. The fourth-order valence-electron chi connectivity index (χ4n) is 2.07.